The number of unbranched alkanes of at least 4 members (excludes halogenated alkanes) is 1. The molecule has 0 aromatic rings. The van der Waals surface area contributed by atoms with Gasteiger partial charge in [0.2, 0.25) is 0 Å². The quantitative estimate of drug-likeness (QED) is 0.531. The third-order valence-corrected chi connectivity index (χ3v) is 10.8. The van der Waals surface area contributed by atoms with Gasteiger partial charge in [-0.3, -0.25) is 0 Å². The Kier molecular flexibility index (Phi) is 5.26. The van der Waals surface area contributed by atoms with Crippen LogP contribution in [0.1, 0.15) is 104 Å². The van der Waals surface area contributed by atoms with Crippen molar-refractivity contribution < 1.29 is 0 Å². The number of hydrogen-bond donors (Lipinski definition) is 1. The Balaban J connectivity index is 1.52. The fraction of sp³-hybridized carbons (Fsp3) is 1.00. The summed E-state index contributed by atoms with van der Waals surface area (Å²) < 4.78 is 0. The molecule has 4 fully saturated rings. The van der Waals surface area contributed by atoms with Crippen LogP contribution in [0.3, 0.4) is 0 Å². The van der Waals surface area contributed by atoms with Crippen LogP contribution < -0.4 is 5.32 Å². The van der Waals surface area contributed by atoms with Crippen LogP contribution in [0.25, 0.3) is 0 Å². The summed E-state index contributed by atoms with van der Waals surface area (Å²) in [5.41, 5.74) is 1.96. The molecule has 1 heteroatoms. The lowest BCUT2D eigenvalue weighted by Crippen LogP contribution is -2.57. The highest BCUT2D eigenvalue weighted by atomic mass is 14.8. The van der Waals surface area contributed by atoms with Gasteiger partial charge in [-0.15, -0.1) is 0 Å². The third kappa shape index (κ3) is 2.73. The lowest BCUT2D eigenvalue weighted by molar-refractivity contribution is -0.153. The molecule has 0 bridgehead atoms. The summed E-state index contributed by atoms with van der Waals surface area (Å²) in [5, 5.41) is 3.33. The summed E-state index contributed by atoms with van der Waals surface area (Å²) in [4.78, 5) is 0. The summed E-state index contributed by atoms with van der Waals surface area (Å²) >= 11 is 0. The Morgan fingerprint density at radius 3 is 2.38 bits per heavy atom. The standard InChI is InChI=1S/C25H45N/c1-23-15-7-5-9-19(23)11-12-22-21(23)14-17-24(2)20(10-6-8-18-26-4)13-16-25(22,24)3/h19-22,26H,5-18H2,1-4H3/t19?,20?,21?,22?,23?,24-,25?/m1/s1. The highest BCUT2D eigenvalue weighted by Gasteiger charge is 2.64. The summed E-state index contributed by atoms with van der Waals surface area (Å²) in [6.45, 7) is 9.41. The molecule has 4 rings (SSSR count). The van der Waals surface area contributed by atoms with E-state index in [0.29, 0.717) is 16.2 Å². The van der Waals surface area contributed by atoms with Gasteiger partial charge in [0, 0.05) is 0 Å². The molecule has 4 saturated carbocycles. The lowest BCUT2D eigenvalue weighted by atomic mass is 9.40. The molecule has 6 unspecified atom stereocenters. The van der Waals surface area contributed by atoms with E-state index in [1.807, 2.05) is 0 Å². The summed E-state index contributed by atoms with van der Waals surface area (Å²) in [6.07, 6.45) is 19.7. The van der Waals surface area contributed by atoms with Crippen LogP contribution in [-0.4, -0.2) is 13.6 Å². The molecule has 0 amide bonds. The van der Waals surface area contributed by atoms with E-state index < -0.39 is 0 Å². The zero-order valence-corrected chi connectivity index (χ0v) is 18.2. The van der Waals surface area contributed by atoms with E-state index in [1.165, 1.54) is 57.9 Å². The van der Waals surface area contributed by atoms with Gasteiger partial charge in [-0.25, -0.2) is 0 Å². The summed E-state index contributed by atoms with van der Waals surface area (Å²) in [6, 6.07) is 0. The summed E-state index contributed by atoms with van der Waals surface area (Å²) in [7, 11) is 2.09. The minimum absolute atomic E-state index is 0.631. The first-order valence-corrected chi connectivity index (χ1v) is 12.1. The van der Waals surface area contributed by atoms with Crippen LogP contribution in [0.2, 0.25) is 0 Å². The molecule has 1 nitrogen and oxygen atoms in total. The molecule has 0 heterocycles. The molecule has 0 saturated heterocycles. The van der Waals surface area contributed by atoms with E-state index in [4.69, 9.17) is 0 Å². The second-order valence-electron chi connectivity index (χ2n) is 11.4. The molecular weight excluding hydrogens is 314 g/mol. The molecule has 4 aliphatic carbocycles. The van der Waals surface area contributed by atoms with Crippen LogP contribution in [0.5, 0.6) is 0 Å². The molecule has 1 N–H and O–H groups in total. The van der Waals surface area contributed by atoms with Crippen molar-refractivity contribution in [3.63, 3.8) is 0 Å². The van der Waals surface area contributed by atoms with Gasteiger partial charge in [-0.05, 0) is 118 Å². The van der Waals surface area contributed by atoms with Crippen LogP contribution in [-0.2, 0) is 0 Å². The highest BCUT2D eigenvalue weighted by molar-refractivity contribution is 5.13. The fourth-order valence-corrected chi connectivity index (χ4v) is 8.98. The molecule has 0 aliphatic heterocycles. The van der Waals surface area contributed by atoms with Gasteiger partial charge in [0.15, 0.2) is 0 Å². The third-order valence-electron chi connectivity index (χ3n) is 10.8. The first kappa shape index (κ1) is 19.3. The van der Waals surface area contributed by atoms with E-state index in [9.17, 15) is 0 Å². The molecule has 0 spiro atoms. The Bertz CT molecular complexity index is 500. The van der Waals surface area contributed by atoms with E-state index in [1.54, 1.807) is 32.1 Å². The second-order valence-corrected chi connectivity index (χ2v) is 11.4. The molecule has 150 valence electrons. The number of nitrogens with one attached hydrogen (secondary N) is 1. The summed E-state index contributed by atoms with van der Waals surface area (Å²) in [5.74, 6) is 4.14. The minimum Gasteiger partial charge on any atom is -0.320 e. The molecule has 4 aliphatic rings. The van der Waals surface area contributed by atoms with Gasteiger partial charge in [0.25, 0.3) is 0 Å². The number of fused-ring (bicyclic) bond motifs is 5. The molecule has 0 aromatic heterocycles. The van der Waals surface area contributed by atoms with Crippen molar-refractivity contribution in [2.75, 3.05) is 13.6 Å². The number of hydrogen-bond acceptors (Lipinski definition) is 1. The maximum atomic E-state index is 3.33. The average Bonchev–Trinajstić information content (AvgIpc) is 2.90. The van der Waals surface area contributed by atoms with Gasteiger partial charge >= 0.3 is 0 Å². The fourth-order valence-electron chi connectivity index (χ4n) is 8.98. The maximum absolute atomic E-state index is 3.33. The van der Waals surface area contributed by atoms with Crippen molar-refractivity contribution in [2.24, 2.45) is 39.9 Å². The normalized spacial score (nSPS) is 50.8. The lowest BCUT2D eigenvalue weighted by Gasteiger charge is -2.64. The molecule has 7 atom stereocenters. The van der Waals surface area contributed by atoms with Crippen molar-refractivity contribution in [3.05, 3.63) is 0 Å². The first-order chi connectivity index (χ1) is 12.5. The Labute approximate surface area is 163 Å². The maximum Gasteiger partial charge on any atom is -0.00519 e. The SMILES string of the molecule is CNCCCCC1CCC2(C)C3CCC4CCCCC4(C)C3CC[C@]12C. The Morgan fingerprint density at radius 2 is 1.58 bits per heavy atom. The largest absolute Gasteiger partial charge is 0.320 e. The van der Waals surface area contributed by atoms with Crippen LogP contribution in [0.4, 0.5) is 0 Å². The van der Waals surface area contributed by atoms with E-state index >= 15 is 0 Å². The predicted molar refractivity (Wildman–Crippen MR) is 112 cm³/mol. The predicted octanol–water partition coefficient (Wildman–Crippen LogP) is 6.82. The van der Waals surface area contributed by atoms with Crippen molar-refractivity contribution in [1.29, 1.82) is 0 Å². The monoisotopic (exact) mass is 359 g/mol. The first-order valence-electron chi connectivity index (χ1n) is 12.1. The Hall–Kier alpha value is -0.0400. The zero-order chi connectivity index (χ0) is 18.4. The van der Waals surface area contributed by atoms with Crippen LogP contribution >= 0.6 is 0 Å². The van der Waals surface area contributed by atoms with Crippen molar-refractivity contribution in [3.8, 4) is 0 Å². The van der Waals surface area contributed by atoms with Crippen LogP contribution in [0, 0.1) is 39.9 Å². The van der Waals surface area contributed by atoms with Crippen molar-refractivity contribution in [1.82, 2.24) is 5.32 Å². The Morgan fingerprint density at radius 1 is 0.769 bits per heavy atom. The van der Waals surface area contributed by atoms with Crippen molar-refractivity contribution in [2.45, 2.75) is 104 Å². The zero-order valence-electron chi connectivity index (χ0n) is 18.2. The minimum atomic E-state index is 0.631. The van der Waals surface area contributed by atoms with Crippen molar-refractivity contribution >= 4 is 0 Å². The number of rotatable bonds is 5. The smallest absolute Gasteiger partial charge is 0.00519 e. The van der Waals surface area contributed by atoms with E-state index in [2.05, 4.69) is 33.1 Å². The molecule has 0 radical (unpaired) electrons. The molecular formula is C25H45N. The second kappa shape index (κ2) is 7.09. The average molecular weight is 360 g/mol. The highest BCUT2D eigenvalue weighted by Crippen LogP contribution is 2.73. The van der Waals surface area contributed by atoms with E-state index in [0.717, 1.165) is 23.7 Å². The molecule has 26 heavy (non-hydrogen) atoms. The topological polar surface area (TPSA) is 12.0 Å². The van der Waals surface area contributed by atoms with Gasteiger partial charge < -0.3 is 5.32 Å². The van der Waals surface area contributed by atoms with Gasteiger partial charge in [-0.2, -0.15) is 0 Å². The van der Waals surface area contributed by atoms with Crippen LogP contribution in [0.15, 0.2) is 0 Å². The molecule has 0 aromatic carbocycles. The van der Waals surface area contributed by atoms with Gasteiger partial charge in [-0.1, -0.05) is 40.0 Å². The van der Waals surface area contributed by atoms with Gasteiger partial charge in [0.05, 0.1) is 0 Å². The van der Waals surface area contributed by atoms with E-state index in [-0.39, 0.29) is 0 Å². The van der Waals surface area contributed by atoms with Gasteiger partial charge in [0.1, 0.15) is 0 Å².